The van der Waals surface area contributed by atoms with Crippen LogP contribution in [0.2, 0.25) is 0 Å². The van der Waals surface area contributed by atoms with Gasteiger partial charge in [0.2, 0.25) is 0 Å². The van der Waals surface area contributed by atoms with E-state index >= 15 is 0 Å². The minimum Gasteiger partial charge on any atom is -0.479 e. The average Bonchev–Trinajstić information content (AvgIpc) is 2.38. The number of rotatable bonds is 7. The Balaban J connectivity index is 2.86. The maximum Gasteiger partial charge on any atom is 0.336 e. The summed E-state index contributed by atoms with van der Waals surface area (Å²) in [6.45, 7) is -0.515. The molecule has 0 saturated carbocycles. The first-order valence-electron chi connectivity index (χ1n) is 5.32. The fraction of sp³-hybridized carbons (Fsp3) is 0.273. The number of carboxylic acids is 2. The van der Waals surface area contributed by atoms with Crippen LogP contribution in [0.3, 0.4) is 0 Å². The first-order valence-corrected chi connectivity index (χ1v) is 5.32. The summed E-state index contributed by atoms with van der Waals surface area (Å²) < 4.78 is 4.77. The van der Waals surface area contributed by atoms with E-state index in [1.54, 1.807) is 0 Å². The first-order chi connectivity index (χ1) is 9.34. The molecule has 0 fully saturated rings. The molecule has 108 valence electrons. The molecule has 0 radical (unpaired) electrons. The fourth-order valence-corrected chi connectivity index (χ4v) is 1.42. The Morgan fingerprint density at radius 3 is 2.35 bits per heavy atom. The van der Waals surface area contributed by atoms with E-state index in [0.29, 0.717) is 0 Å². The molecule has 0 aliphatic rings. The van der Waals surface area contributed by atoms with Gasteiger partial charge in [0.25, 0.3) is 5.69 Å². The zero-order valence-electron chi connectivity index (χ0n) is 10.0. The minimum absolute atomic E-state index is 0.0707. The Morgan fingerprint density at radius 2 is 1.85 bits per heavy atom. The number of para-hydroxylation sites is 1. The lowest BCUT2D eigenvalue weighted by Gasteiger charge is -2.16. The van der Waals surface area contributed by atoms with Crippen molar-refractivity contribution in [1.29, 1.82) is 0 Å². The van der Waals surface area contributed by atoms with E-state index < -0.39 is 35.7 Å². The monoisotopic (exact) mass is 285 g/mol. The smallest absolute Gasteiger partial charge is 0.336 e. The van der Waals surface area contributed by atoms with E-state index in [1.165, 1.54) is 24.3 Å². The molecule has 1 aromatic carbocycles. The van der Waals surface area contributed by atoms with E-state index in [4.69, 9.17) is 14.9 Å². The van der Waals surface area contributed by atoms with Gasteiger partial charge in [0, 0.05) is 6.07 Å². The average molecular weight is 285 g/mol. The highest BCUT2D eigenvalue weighted by Gasteiger charge is 2.33. The number of ether oxygens (including phenoxy) is 1. The number of aliphatic hydroxyl groups is 1. The summed E-state index contributed by atoms with van der Waals surface area (Å²) in [7, 11) is 0. The molecule has 9 heteroatoms. The highest BCUT2D eigenvalue weighted by molar-refractivity contribution is 5.83. The maximum absolute atomic E-state index is 10.8. The molecule has 0 amide bonds. The van der Waals surface area contributed by atoms with Crippen molar-refractivity contribution in [3.8, 4) is 0 Å². The summed E-state index contributed by atoms with van der Waals surface area (Å²) in [6.07, 6.45) is -4.29. The van der Waals surface area contributed by atoms with Crippen LogP contribution >= 0.6 is 0 Å². The van der Waals surface area contributed by atoms with Gasteiger partial charge < -0.3 is 20.1 Å². The van der Waals surface area contributed by atoms with Gasteiger partial charge in [0.05, 0.1) is 17.1 Å². The number of nitro benzene ring substituents is 1. The van der Waals surface area contributed by atoms with E-state index in [9.17, 15) is 24.8 Å². The SMILES string of the molecule is O=C(O)C(O)C(OCc1ccccc1[N+](=O)[O-])C(=O)O. The summed E-state index contributed by atoms with van der Waals surface area (Å²) in [5, 5.41) is 37.2. The lowest BCUT2D eigenvalue weighted by Crippen LogP contribution is -2.41. The maximum atomic E-state index is 10.8. The summed E-state index contributed by atoms with van der Waals surface area (Å²) in [6, 6.07) is 5.43. The van der Waals surface area contributed by atoms with Crippen molar-refractivity contribution in [2.75, 3.05) is 0 Å². The topological polar surface area (TPSA) is 147 Å². The van der Waals surface area contributed by atoms with Gasteiger partial charge in [0.1, 0.15) is 0 Å². The highest BCUT2D eigenvalue weighted by atomic mass is 16.6. The molecule has 0 aromatic heterocycles. The van der Waals surface area contributed by atoms with Crippen LogP contribution in [0.15, 0.2) is 24.3 Å². The van der Waals surface area contributed by atoms with Gasteiger partial charge in [-0.05, 0) is 6.07 Å². The number of carbonyl (C=O) groups is 2. The summed E-state index contributed by atoms with van der Waals surface area (Å²) in [5.41, 5.74) is -0.220. The molecule has 1 aromatic rings. The third-order valence-corrected chi connectivity index (χ3v) is 2.39. The van der Waals surface area contributed by atoms with Gasteiger partial charge in [-0.25, -0.2) is 9.59 Å². The third-order valence-electron chi connectivity index (χ3n) is 2.39. The molecule has 20 heavy (non-hydrogen) atoms. The largest absolute Gasteiger partial charge is 0.479 e. The van der Waals surface area contributed by atoms with Crippen LogP contribution in [0, 0.1) is 10.1 Å². The molecule has 9 nitrogen and oxygen atoms in total. The Morgan fingerprint density at radius 1 is 1.25 bits per heavy atom. The molecule has 0 spiro atoms. The Bertz CT molecular complexity index is 529. The third kappa shape index (κ3) is 3.73. The predicted molar refractivity (Wildman–Crippen MR) is 63.0 cm³/mol. The highest BCUT2D eigenvalue weighted by Crippen LogP contribution is 2.19. The summed E-state index contributed by atoms with van der Waals surface area (Å²) in [4.78, 5) is 31.4. The lowest BCUT2D eigenvalue weighted by atomic mass is 10.1. The molecular formula is C11H11NO8. The lowest BCUT2D eigenvalue weighted by molar-refractivity contribution is -0.386. The van der Waals surface area contributed by atoms with Crippen LogP contribution in [0.4, 0.5) is 5.69 Å². The number of hydrogen-bond donors (Lipinski definition) is 3. The van der Waals surface area contributed by atoms with Crippen LogP contribution in [0.1, 0.15) is 5.56 Å². The van der Waals surface area contributed by atoms with Crippen molar-refractivity contribution < 1.29 is 34.6 Å². The Hall–Kier alpha value is -2.52. The quantitative estimate of drug-likeness (QED) is 0.468. The van der Waals surface area contributed by atoms with E-state index in [0.717, 1.165) is 0 Å². The van der Waals surface area contributed by atoms with Crippen LogP contribution in [0.25, 0.3) is 0 Å². The van der Waals surface area contributed by atoms with Gasteiger partial charge in [0.15, 0.2) is 12.2 Å². The number of carboxylic acid groups (broad SMARTS) is 2. The Kier molecular flexibility index (Phi) is 5.12. The number of nitrogens with zero attached hydrogens (tertiary/aromatic N) is 1. The van der Waals surface area contributed by atoms with Crippen LogP contribution < -0.4 is 0 Å². The van der Waals surface area contributed by atoms with Crippen molar-refractivity contribution in [3.63, 3.8) is 0 Å². The van der Waals surface area contributed by atoms with E-state index in [-0.39, 0.29) is 11.3 Å². The molecule has 0 saturated heterocycles. The molecule has 2 atom stereocenters. The Labute approximate surface area is 112 Å². The van der Waals surface area contributed by atoms with Gasteiger partial charge in [-0.3, -0.25) is 10.1 Å². The molecule has 0 heterocycles. The molecular weight excluding hydrogens is 274 g/mol. The summed E-state index contributed by atoms with van der Waals surface area (Å²) in [5.74, 6) is -3.45. The van der Waals surface area contributed by atoms with Gasteiger partial charge in [-0.2, -0.15) is 0 Å². The van der Waals surface area contributed by atoms with Crippen LogP contribution in [-0.4, -0.2) is 44.4 Å². The zero-order chi connectivity index (χ0) is 15.3. The molecule has 2 unspecified atom stereocenters. The number of aliphatic hydroxyl groups excluding tert-OH is 1. The molecule has 0 bridgehead atoms. The number of hydrogen-bond acceptors (Lipinski definition) is 6. The van der Waals surface area contributed by atoms with Gasteiger partial charge >= 0.3 is 11.9 Å². The van der Waals surface area contributed by atoms with Crippen molar-refractivity contribution in [2.24, 2.45) is 0 Å². The normalized spacial score (nSPS) is 13.4. The first kappa shape index (κ1) is 15.5. The van der Waals surface area contributed by atoms with E-state index in [1.807, 2.05) is 0 Å². The molecule has 3 N–H and O–H groups in total. The van der Waals surface area contributed by atoms with Gasteiger partial charge in [-0.1, -0.05) is 12.1 Å². The van der Waals surface area contributed by atoms with Gasteiger partial charge in [-0.15, -0.1) is 0 Å². The standard InChI is InChI=1S/C11H11NO8/c13-8(10(14)15)9(11(16)17)20-5-6-3-1-2-4-7(6)12(18)19/h1-4,8-9,13H,5H2,(H,14,15)(H,16,17). The van der Waals surface area contributed by atoms with Crippen LogP contribution in [-0.2, 0) is 20.9 Å². The zero-order valence-corrected chi connectivity index (χ0v) is 10.0. The molecule has 1 rings (SSSR count). The van der Waals surface area contributed by atoms with Crippen molar-refractivity contribution in [2.45, 2.75) is 18.8 Å². The van der Waals surface area contributed by atoms with Crippen molar-refractivity contribution >= 4 is 17.6 Å². The van der Waals surface area contributed by atoms with Crippen LogP contribution in [0.5, 0.6) is 0 Å². The second kappa shape index (κ2) is 6.59. The number of benzene rings is 1. The summed E-state index contributed by atoms with van der Waals surface area (Å²) >= 11 is 0. The minimum atomic E-state index is -2.27. The number of nitro groups is 1. The van der Waals surface area contributed by atoms with Crippen molar-refractivity contribution in [1.82, 2.24) is 0 Å². The molecule has 0 aliphatic heterocycles. The second-order valence-electron chi connectivity index (χ2n) is 3.74. The number of aliphatic carboxylic acids is 2. The van der Waals surface area contributed by atoms with Crippen molar-refractivity contribution in [3.05, 3.63) is 39.9 Å². The van der Waals surface area contributed by atoms with E-state index in [2.05, 4.69) is 0 Å². The molecule has 0 aliphatic carbocycles. The fourth-order valence-electron chi connectivity index (χ4n) is 1.42. The second-order valence-corrected chi connectivity index (χ2v) is 3.74. The predicted octanol–water partition coefficient (Wildman–Crippen LogP) is 0.0101.